The number of amides is 1. The summed E-state index contributed by atoms with van der Waals surface area (Å²) in [6.45, 7) is 4.10. The van der Waals surface area contributed by atoms with Crippen molar-refractivity contribution in [2.24, 2.45) is 5.92 Å². The zero-order valence-electron chi connectivity index (χ0n) is 18.1. The van der Waals surface area contributed by atoms with Crippen LogP contribution in [0, 0.1) is 5.92 Å². The SMILES string of the molecule is COC(=O)c1c(CC(C)C)csc1NC(=O)c1cccc(CS(=O)(=O)c2ccccc2)c1. The summed E-state index contributed by atoms with van der Waals surface area (Å²) in [6, 6.07) is 14.7. The second-order valence-electron chi connectivity index (χ2n) is 7.78. The van der Waals surface area contributed by atoms with E-state index in [0.29, 0.717) is 34.0 Å². The first-order chi connectivity index (χ1) is 15.2. The molecule has 0 saturated heterocycles. The number of nitrogens with one attached hydrogen (secondary N) is 1. The summed E-state index contributed by atoms with van der Waals surface area (Å²) in [7, 11) is -2.23. The maximum atomic E-state index is 12.9. The first kappa shape index (κ1) is 23.7. The number of esters is 1. The number of benzene rings is 2. The second-order valence-corrected chi connectivity index (χ2v) is 10.7. The van der Waals surface area contributed by atoms with Crippen LogP contribution in [0.5, 0.6) is 0 Å². The molecule has 3 aromatic rings. The largest absolute Gasteiger partial charge is 0.465 e. The van der Waals surface area contributed by atoms with E-state index in [-0.39, 0.29) is 10.6 Å². The molecule has 1 N–H and O–H groups in total. The Balaban J connectivity index is 1.83. The minimum Gasteiger partial charge on any atom is -0.465 e. The molecule has 1 aromatic heterocycles. The second kappa shape index (κ2) is 10.1. The first-order valence-electron chi connectivity index (χ1n) is 10.1. The highest BCUT2D eigenvalue weighted by Crippen LogP contribution is 2.31. The summed E-state index contributed by atoms with van der Waals surface area (Å²) in [5.74, 6) is -0.810. The van der Waals surface area contributed by atoms with Crippen molar-refractivity contribution in [3.8, 4) is 0 Å². The van der Waals surface area contributed by atoms with Crippen molar-refractivity contribution in [2.45, 2.75) is 30.9 Å². The van der Waals surface area contributed by atoms with E-state index in [1.165, 1.54) is 18.4 Å². The van der Waals surface area contributed by atoms with E-state index in [2.05, 4.69) is 5.32 Å². The molecule has 0 aliphatic carbocycles. The van der Waals surface area contributed by atoms with Gasteiger partial charge in [0.2, 0.25) is 0 Å². The van der Waals surface area contributed by atoms with Crippen LogP contribution in [-0.4, -0.2) is 27.4 Å². The molecule has 2 aromatic carbocycles. The minimum atomic E-state index is -3.54. The van der Waals surface area contributed by atoms with Crippen molar-refractivity contribution in [1.82, 2.24) is 0 Å². The average Bonchev–Trinajstić information content (AvgIpc) is 3.14. The summed E-state index contributed by atoms with van der Waals surface area (Å²) in [4.78, 5) is 25.4. The molecule has 0 aliphatic rings. The topological polar surface area (TPSA) is 89.5 Å². The Bertz CT molecular complexity index is 1210. The number of sulfone groups is 1. The predicted octanol–water partition coefficient (Wildman–Crippen LogP) is 4.96. The molecule has 0 bridgehead atoms. The Morgan fingerprint density at radius 2 is 1.78 bits per heavy atom. The van der Waals surface area contributed by atoms with Crippen molar-refractivity contribution in [2.75, 3.05) is 12.4 Å². The lowest BCUT2D eigenvalue weighted by atomic mass is 10.0. The molecule has 1 heterocycles. The molecule has 0 saturated carbocycles. The fraction of sp³-hybridized carbons (Fsp3) is 0.250. The zero-order valence-corrected chi connectivity index (χ0v) is 19.8. The lowest BCUT2D eigenvalue weighted by Crippen LogP contribution is -2.15. The Hall–Kier alpha value is -2.97. The Labute approximate surface area is 192 Å². The van der Waals surface area contributed by atoms with Gasteiger partial charge in [-0.2, -0.15) is 0 Å². The van der Waals surface area contributed by atoms with Gasteiger partial charge in [-0.1, -0.05) is 44.2 Å². The number of hydrogen-bond donors (Lipinski definition) is 1. The molecule has 0 atom stereocenters. The van der Waals surface area contributed by atoms with Crippen molar-refractivity contribution in [3.05, 3.63) is 82.2 Å². The molecule has 6 nitrogen and oxygen atoms in total. The zero-order chi connectivity index (χ0) is 23.3. The number of hydrogen-bond acceptors (Lipinski definition) is 6. The van der Waals surface area contributed by atoms with E-state index in [1.54, 1.807) is 54.6 Å². The fourth-order valence-corrected chi connectivity index (χ4v) is 5.62. The van der Waals surface area contributed by atoms with E-state index in [0.717, 1.165) is 5.56 Å². The van der Waals surface area contributed by atoms with Crippen LogP contribution < -0.4 is 5.32 Å². The van der Waals surface area contributed by atoms with Gasteiger partial charge in [0.25, 0.3) is 5.91 Å². The van der Waals surface area contributed by atoms with E-state index >= 15 is 0 Å². The molecule has 168 valence electrons. The molecule has 0 fully saturated rings. The van der Waals surface area contributed by atoms with Crippen molar-refractivity contribution < 1.29 is 22.7 Å². The number of anilines is 1. The summed E-state index contributed by atoms with van der Waals surface area (Å²) in [6.07, 6.45) is 0.684. The van der Waals surface area contributed by atoms with E-state index in [1.807, 2.05) is 19.2 Å². The molecule has 0 spiro atoms. The van der Waals surface area contributed by atoms with Crippen LogP contribution >= 0.6 is 11.3 Å². The van der Waals surface area contributed by atoms with Gasteiger partial charge in [0.15, 0.2) is 9.84 Å². The van der Waals surface area contributed by atoms with Gasteiger partial charge < -0.3 is 10.1 Å². The number of methoxy groups -OCH3 is 1. The van der Waals surface area contributed by atoms with Crippen LogP contribution in [0.1, 0.15) is 45.7 Å². The monoisotopic (exact) mass is 471 g/mol. The molecular weight excluding hydrogens is 446 g/mol. The lowest BCUT2D eigenvalue weighted by molar-refractivity contribution is 0.0601. The summed E-state index contributed by atoms with van der Waals surface area (Å²) in [5, 5.41) is 5.06. The van der Waals surface area contributed by atoms with Gasteiger partial charge in [-0.25, -0.2) is 13.2 Å². The van der Waals surface area contributed by atoms with Crippen molar-refractivity contribution >= 4 is 38.1 Å². The van der Waals surface area contributed by atoms with Gasteiger partial charge in [-0.15, -0.1) is 11.3 Å². The number of carbonyl (C=O) groups excluding carboxylic acids is 2. The summed E-state index contributed by atoms with van der Waals surface area (Å²) < 4.78 is 30.2. The van der Waals surface area contributed by atoms with Gasteiger partial charge in [-0.3, -0.25) is 4.79 Å². The van der Waals surface area contributed by atoms with Gasteiger partial charge in [-0.05, 0) is 53.1 Å². The highest BCUT2D eigenvalue weighted by Gasteiger charge is 2.22. The highest BCUT2D eigenvalue weighted by atomic mass is 32.2. The molecule has 0 aliphatic heterocycles. The number of ether oxygens (including phenoxy) is 1. The van der Waals surface area contributed by atoms with Crippen LogP contribution in [0.4, 0.5) is 5.00 Å². The van der Waals surface area contributed by atoms with Gasteiger partial charge in [0, 0.05) is 5.56 Å². The third-order valence-electron chi connectivity index (χ3n) is 4.76. The van der Waals surface area contributed by atoms with E-state index in [9.17, 15) is 18.0 Å². The average molecular weight is 472 g/mol. The smallest absolute Gasteiger partial charge is 0.341 e. The predicted molar refractivity (Wildman–Crippen MR) is 126 cm³/mol. The maximum absolute atomic E-state index is 12.9. The molecular formula is C24H25NO5S2. The van der Waals surface area contributed by atoms with Crippen LogP contribution in [0.25, 0.3) is 0 Å². The summed E-state index contributed by atoms with van der Waals surface area (Å²) >= 11 is 1.27. The molecule has 0 unspecified atom stereocenters. The Morgan fingerprint density at radius 3 is 2.44 bits per heavy atom. The molecule has 8 heteroatoms. The van der Waals surface area contributed by atoms with Crippen LogP contribution in [0.15, 0.2) is 64.9 Å². The number of rotatable bonds is 8. The van der Waals surface area contributed by atoms with Crippen molar-refractivity contribution in [3.63, 3.8) is 0 Å². The third-order valence-corrected chi connectivity index (χ3v) is 7.41. The van der Waals surface area contributed by atoms with E-state index < -0.39 is 21.7 Å². The van der Waals surface area contributed by atoms with Gasteiger partial charge in [0.1, 0.15) is 5.00 Å². The number of thiophene rings is 1. The fourth-order valence-electron chi connectivity index (χ4n) is 3.31. The standard InChI is InChI=1S/C24H25NO5S2/c1-16(2)12-19-14-31-23(21(19)24(27)30-3)25-22(26)18-9-7-8-17(13-18)15-32(28,29)20-10-5-4-6-11-20/h4-11,13-14,16H,12,15H2,1-3H3,(H,25,26). The molecule has 32 heavy (non-hydrogen) atoms. The van der Waals surface area contributed by atoms with Crippen LogP contribution in [-0.2, 0) is 26.7 Å². The van der Waals surface area contributed by atoms with Crippen LogP contribution in [0.3, 0.4) is 0 Å². The molecule has 3 rings (SSSR count). The minimum absolute atomic E-state index is 0.219. The Kier molecular flexibility index (Phi) is 7.48. The first-order valence-corrected chi connectivity index (χ1v) is 12.6. The Morgan fingerprint density at radius 1 is 1.06 bits per heavy atom. The van der Waals surface area contributed by atoms with E-state index in [4.69, 9.17) is 4.74 Å². The number of carbonyl (C=O) groups is 2. The molecule has 1 amide bonds. The lowest BCUT2D eigenvalue weighted by Gasteiger charge is -2.10. The maximum Gasteiger partial charge on any atom is 0.341 e. The van der Waals surface area contributed by atoms with Gasteiger partial charge >= 0.3 is 5.97 Å². The van der Waals surface area contributed by atoms with Gasteiger partial charge in [0.05, 0.1) is 23.3 Å². The quantitative estimate of drug-likeness (QED) is 0.469. The summed E-state index contributed by atoms with van der Waals surface area (Å²) in [5.41, 5.74) is 2.00. The third kappa shape index (κ3) is 5.63. The normalized spacial score (nSPS) is 11.4. The molecule has 0 radical (unpaired) electrons. The van der Waals surface area contributed by atoms with Crippen molar-refractivity contribution in [1.29, 1.82) is 0 Å². The highest BCUT2D eigenvalue weighted by molar-refractivity contribution is 7.90. The van der Waals surface area contributed by atoms with Crippen LogP contribution in [0.2, 0.25) is 0 Å².